The van der Waals surface area contributed by atoms with E-state index in [4.69, 9.17) is 21.1 Å². The van der Waals surface area contributed by atoms with Gasteiger partial charge in [0.15, 0.2) is 5.03 Å². The molecule has 1 aliphatic rings. The van der Waals surface area contributed by atoms with Crippen molar-refractivity contribution in [2.24, 2.45) is 0 Å². The summed E-state index contributed by atoms with van der Waals surface area (Å²) in [5.74, 6) is -0.565. The summed E-state index contributed by atoms with van der Waals surface area (Å²) in [7, 11) is 0. The van der Waals surface area contributed by atoms with Gasteiger partial charge in [-0.3, -0.25) is 0 Å². The molecule has 1 aromatic carbocycles. The summed E-state index contributed by atoms with van der Waals surface area (Å²) < 4.78 is 10.7. The number of hydrogen-bond donors (Lipinski definition) is 1. The minimum absolute atomic E-state index is 0.0376. The van der Waals surface area contributed by atoms with Crippen molar-refractivity contribution in [1.29, 1.82) is 0 Å². The Balaban J connectivity index is 2.26. The molecular weight excluding hydrogens is 278 g/mol. The Morgan fingerprint density at radius 2 is 2.05 bits per heavy atom. The molecule has 0 amide bonds. The van der Waals surface area contributed by atoms with Crippen LogP contribution in [0.25, 0.3) is 0 Å². The molecule has 2 rings (SSSR count). The second kappa shape index (κ2) is 5.85. The fourth-order valence-corrected chi connectivity index (χ4v) is 2.16. The molecule has 0 aromatic heterocycles. The molecule has 1 aromatic rings. The minimum atomic E-state index is -0.782. The van der Waals surface area contributed by atoms with E-state index in [1.165, 1.54) is 5.56 Å². The maximum atomic E-state index is 11.6. The van der Waals surface area contributed by atoms with Crippen LogP contribution in [0.2, 0.25) is 0 Å². The molecule has 5 heteroatoms. The Morgan fingerprint density at radius 3 is 2.65 bits per heavy atom. The zero-order valence-corrected chi connectivity index (χ0v) is 12.7. The van der Waals surface area contributed by atoms with Crippen LogP contribution in [0.3, 0.4) is 0 Å². The number of ether oxygens (including phenoxy) is 2. The number of nitrogens with one attached hydrogen (secondary N) is 1. The van der Waals surface area contributed by atoms with E-state index in [0.717, 1.165) is 11.3 Å². The van der Waals surface area contributed by atoms with Crippen LogP contribution >= 0.6 is 11.6 Å². The number of benzene rings is 1. The third kappa shape index (κ3) is 3.14. The summed E-state index contributed by atoms with van der Waals surface area (Å²) in [6, 6.07) is 5.98. The standard InChI is InChI=1S/C15H18ClNO3/c1-8(2)19-15-13(12(16)14(18)20-15)17-11-6-5-9(3)7-10(11)4/h5-8,15,17H,1-4H3/t15-/m1/s1. The molecule has 0 bridgehead atoms. The van der Waals surface area contributed by atoms with Gasteiger partial charge in [-0.1, -0.05) is 29.3 Å². The van der Waals surface area contributed by atoms with E-state index >= 15 is 0 Å². The summed E-state index contributed by atoms with van der Waals surface area (Å²) in [6.07, 6.45) is -0.859. The lowest BCUT2D eigenvalue weighted by atomic mass is 10.1. The quantitative estimate of drug-likeness (QED) is 0.864. The van der Waals surface area contributed by atoms with Crippen LogP contribution in [0.5, 0.6) is 0 Å². The van der Waals surface area contributed by atoms with Gasteiger partial charge in [-0.2, -0.15) is 0 Å². The van der Waals surface area contributed by atoms with E-state index in [9.17, 15) is 4.79 Å². The molecule has 4 nitrogen and oxygen atoms in total. The highest BCUT2D eigenvalue weighted by Crippen LogP contribution is 2.29. The third-order valence-corrected chi connectivity index (χ3v) is 3.27. The number of carbonyl (C=O) groups is 1. The molecule has 1 atom stereocenters. The smallest absolute Gasteiger partial charge is 0.354 e. The van der Waals surface area contributed by atoms with E-state index in [1.54, 1.807) is 0 Å². The summed E-state index contributed by atoms with van der Waals surface area (Å²) >= 11 is 6.00. The van der Waals surface area contributed by atoms with Gasteiger partial charge in [0, 0.05) is 5.69 Å². The van der Waals surface area contributed by atoms with Gasteiger partial charge in [0.2, 0.25) is 6.29 Å². The molecule has 0 saturated heterocycles. The predicted molar refractivity (Wildman–Crippen MR) is 78.5 cm³/mol. The third-order valence-electron chi connectivity index (χ3n) is 2.91. The Morgan fingerprint density at radius 1 is 1.35 bits per heavy atom. The number of rotatable bonds is 4. The highest BCUT2D eigenvalue weighted by atomic mass is 35.5. The van der Waals surface area contributed by atoms with Crippen molar-refractivity contribution in [3.05, 3.63) is 40.1 Å². The van der Waals surface area contributed by atoms with Crippen molar-refractivity contribution >= 4 is 23.3 Å². The van der Waals surface area contributed by atoms with Crippen LogP contribution in [0.15, 0.2) is 28.9 Å². The van der Waals surface area contributed by atoms with E-state index in [2.05, 4.69) is 5.32 Å². The number of hydrogen-bond acceptors (Lipinski definition) is 4. The van der Waals surface area contributed by atoms with E-state index < -0.39 is 12.3 Å². The van der Waals surface area contributed by atoms with Gasteiger partial charge in [0.25, 0.3) is 0 Å². The molecule has 1 N–H and O–H groups in total. The summed E-state index contributed by atoms with van der Waals surface area (Å²) in [6.45, 7) is 7.75. The molecule has 0 fully saturated rings. The molecule has 20 heavy (non-hydrogen) atoms. The zero-order chi connectivity index (χ0) is 14.9. The minimum Gasteiger partial charge on any atom is -0.425 e. The number of esters is 1. The highest BCUT2D eigenvalue weighted by molar-refractivity contribution is 6.42. The lowest BCUT2D eigenvalue weighted by Crippen LogP contribution is -2.24. The van der Waals surface area contributed by atoms with Gasteiger partial charge in [0.05, 0.1) is 6.10 Å². The molecular formula is C15H18ClNO3. The maximum absolute atomic E-state index is 11.6. The molecule has 1 heterocycles. The van der Waals surface area contributed by atoms with Crippen LogP contribution in [0.4, 0.5) is 5.69 Å². The first-order valence-electron chi connectivity index (χ1n) is 6.49. The summed E-state index contributed by atoms with van der Waals surface area (Å²) in [5, 5.41) is 3.19. The Labute approximate surface area is 123 Å². The van der Waals surface area contributed by atoms with E-state index in [-0.39, 0.29) is 11.1 Å². The molecule has 0 radical (unpaired) electrons. The zero-order valence-electron chi connectivity index (χ0n) is 12.0. The summed E-state index contributed by atoms with van der Waals surface area (Å²) in [4.78, 5) is 11.6. The van der Waals surface area contributed by atoms with Crippen molar-refractivity contribution in [2.75, 3.05) is 5.32 Å². The first kappa shape index (κ1) is 14.9. The maximum Gasteiger partial charge on any atom is 0.354 e. The Kier molecular flexibility index (Phi) is 4.35. The van der Waals surface area contributed by atoms with Crippen LogP contribution in [0.1, 0.15) is 25.0 Å². The molecule has 0 spiro atoms. The average molecular weight is 296 g/mol. The second-order valence-electron chi connectivity index (χ2n) is 5.09. The lowest BCUT2D eigenvalue weighted by Gasteiger charge is -2.19. The Bertz CT molecular complexity index is 566. The van der Waals surface area contributed by atoms with E-state index in [1.807, 2.05) is 45.9 Å². The average Bonchev–Trinajstić information content (AvgIpc) is 2.59. The van der Waals surface area contributed by atoms with Crippen molar-refractivity contribution in [1.82, 2.24) is 0 Å². The van der Waals surface area contributed by atoms with E-state index in [0.29, 0.717) is 5.70 Å². The van der Waals surface area contributed by atoms with Crippen molar-refractivity contribution in [3.8, 4) is 0 Å². The normalized spacial score (nSPS) is 18.7. The first-order chi connectivity index (χ1) is 9.38. The fourth-order valence-electron chi connectivity index (χ4n) is 1.98. The summed E-state index contributed by atoms with van der Waals surface area (Å²) in [5.41, 5.74) is 3.56. The molecule has 0 saturated carbocycles. The predicted octanol–water partition coefficient (Wildman–Crippen LogP) is 3.47. The first-order valence-corrected chi connectivity index (χ1v) is 6.86. The second-order valence-corrected chi connectivity index (χ2v) is 5.47. The number of anilines is 1. The lowest BCUT2D eigenvalue weighted by molar-refractivity contribution is -0.165. The van der Waals surface area contributed by atoms with Crippen molar-refractivity contribution in [3.63, 3.8) is 0 Å². The van der Waals surface area contributed by atoms with Gasteiger partial charge >= 0.3 is 5.97 Å². The van der Waals surface area contributed by atoms with Crippen LogP contribution in [0, 0.1) is 13.8 Å². The van der Waals surface area contributed by atoms with Gasteiger partial charge in [-0.15, -0.1) is 0 Å². The van der Waals surface area contributed by atoms with Crippen LogP contribution < -0.4 is 5.32 Å². The van der Waals surface area contributed by atoms with Gasteiger partial charge in [-0.05, 0) is 39.3 Å². The number of carbonyl (C=O) groups excluding carboxylic acids is 1. The van der Waals surface area contributed by atoms with Crippen LogP contribution in [-0.4, -0.2) is 18.4 Å². The number of aryl methyl sites for hydroxylation is 2. The highest BCUT2D eigenvalue weighted by Gasteiger charge is 2.35. The van der Waals surface area contributed by atoms with Gasteiger partial charge in [0.1, 0.15) is 5.70 Å². The number of halogens is 1. The van der Waals surface area contributed by atoms with Crippen molar-refractivity contribution < 1.29 is 14.3 Å². The van der Waals surface area contributed by atoms with Crippen LogP contribution in [-0.2, 0) is 14.3 Å². The molecule has 0 unspecified atom stereocenters. The number of cyclic esters (lactones) is 1. The fraction of sp³-hybridized carbons (Fsp3) is 0.400. The van der Waals surface area contributed by atoms with Gasteiger partial charge in [-0.25, -0.2) is 4.79 Å². The van der Waals surface area contributed by atoms with Crippen molar-refractivity contribution in [2.45, 2.75) is 40.1 Å². The Hall–Kier alpha value is -1.52. The molecule has 108 valence electrons. The molecule has 0 aliphatic carbocycles. The topological polar surface area (TPSA) is 47.6 Å². The SMILES string of the molecule is Cc1ccc(NC2=C(Cl)C(=O)O[C@H]2OC(C)C)c(C)c1. The monoisotopic (exact) mass is 295 g/mol. The molecule has 1 aliphatic heterocycles. The largest absolute Gasteiger partial charge is 0.425 e. The van der Waals surface area contributed by atoms with Gasteiger partial charge < -0.3 is 14.8 Å².